The van der Waals surface area contributed by atoms with Gasteiger partial charge < -0.3 is 27.4 Å². The number of hydrogen-bond acceptors (Lipinski definition) is 5. The van der Waals surface area contributed by atoms with Gasteiger partial charge in [0.1, 0.15) is 11.7 Å². The predicted molar refractivity (Wildman–Crippen MR) is 108 cm³/mol. The van der Waals surface area contributed by atoms with Crippen molar-refractivity contribution in [2.75, 3.05) is 13.1 Å². The molecular weight excluding hydrogens is 340 g/mol. The van der Waals surface area contributed by atoms with Crippen molar-refractivity contribution in [1.29, 1.82) is 0 Å². The predicted octanol–water partition coefficient (Wildman–Crippen LogP) is 1.31. The third kappa shape index (κ3) is 5.48. The molecule has 3 fully saturated rings. The molecule has 1 amide bonds. The quantitative estimate of drug-likeness (QED) is 0.241. The number of likely N-dealkylation sites (tertiary alicyclic amines) is 1. The minimum absolute atomic E-state index is 0.246. The van der Waals surface area contributed by atoms with E-state index >= 15 is 0 Å². The molecule has 1 saturated heterocycles. The number of carbonyl (C=O) groups is 1. The largest absolute Gasteiger partial charge is 0.402 e. The van der Waals surface area contributed by atoms with Gasteiger partial charge in [-0.25, -0.2) is 0 Å². The lowest BCUT2D eigenvalue weighted by Gasteiger charge is -2.27. The van der Waals surface area contributed by atoms with Crippen molar-refractivity contribution in [1.82, 2.24) is 10.2 Å². The Morgan fingerprint density at radius 1 is 1.04 bits per heavy atom. The average Bonchev–Trinajstić information content (AvgIpc) is 3.39. The number of carbonyl (C=O) groups excluding carboxylic acids is 1. The maximum atomic E-state index is 12.7. The molecule has 0 aromatic rings. The van der Waals surface area contributed by atoms with E-state index < -0.39 is 5.91 Å². The average molecular weight is 375 g/mol. The topological polar surface area (TPSA) is 123 Å². The molecular formula is C20H34N6O. The third-order valence-corrected chi connectivity index (χ3v) is 5.71. The summed E-state index contributed by atoms with van der Waals surface area (Å²) >= 11 is 0. The second-order valence-corrected chi connectivity index (χ2v) is 8.24. The van der Waals surface area contributed by atoms with Crippen molar-refractivity contribution < 1.29 is 4.79 Å². The van der Waals surface area contributed by atoms with Crippen LogP contribution in [0.2, 0.25) is 0 Å². The Bertz CT molecular complexity index is 639. The zero-order valence-electron chi connectivity index (χ0n) is 16.4. The van der Waals surface area contributed by atoms with Gasteiger partial charge >= 0.3 is 0 Å². The van der Waals surface area contributed by atoms with Crippen LogP contribution in [0.1, 0.15) is 58.3 Å². The Labute approximate surface area is 162 Å². The van der Waals surface area contributed by atoms with Gasteiger partial charge in [0.25, 0.3) is 5.91 Å². The molecule has 7 heteroatoms. The zero-order chi connectivity index (χ0) is 19.4. The van der Waals surface area contributed by atoms with Crippen LogP contribution in [0, 0.1) is 5.92 Å². The second kappa shape index (κ2) is 8.78. The molecule has 0 bridgehead atoms. The molecule has 2 saturated carbocycles. The first-order chi connectivity index (χ1) is 12.9. The molecule has 3 aliphatic rings. The summed E-state index contributed by atoms with van der Waals surface area (Å²) in [5.74, 6) is 0.706. The number of nitrogens with zero attached hydrogens (tertiary/aromatic N) is 2. The van der Waals surface area contributed by atoms with Crippen molar-refractivity contribution in [3.63, 3.8) is 0 Å². The summed E-state index contributed by atoms with van der Waals surface area (Å²) in [6.07, 6.45) is 11.1. The maximum absolute atomic E-state index is 12.7. The van der Waals surface area contributed by atoms with E-state index in [0.717, 1.165) is 32.4 Å². The van der Waals surface area contributed by atoms with E-state index in [1.807, 2.05) is 0 Å². The number of nitrogens with one attached hydrogen (secondary N) is 1. The minimum Gasteiger partial charge on any atom is -0.402 e. The zero-order valence-corrected chi connectivity index (χ0v) is 16.4. The normalized spacial score (nSPS) is 26.3. The highest BCUT2D eigenvalue weighted by molar-refractivity contribution is 6.05. The van der Waals surface area contributed by atoms with Gasteiger partial charge in [-0.1, -0.05) is 19.3 Å². The van der Waals surface area contributed by atoms with Crippen molar-refractivity contribution in [3.8, 4) is 0 Å². The maximum Gasteiger partial charge on any atom is 0.282 e. The highest BCUT2D eigenvalue weighted by Gasteiger charge is 2.29. The van der Waals surface area contributed by atoms with Crippen LogP contribution >= 0.6 is 0 Å². The molecule has 1 aliphatic heterocycles. The molecule has 0 aromatic heterocycles. The van der Waals surface area contributed by atoms with E-state index in [4.69, 9.17) is 17.2 Å². The van der Waals surface area contributed by atoms with E-state index in [1.165, 1.54) is 32.1 Å². The third-order valence-electron chi connectivity index (χ3n) is 5.71. The van der Waals surface area contributed by atoms with Crippen LogP contribution < -0.4 is 22.5 Å². The summed E-state index contributed by atoms with van der Waals surface area (Å²) in [6, 6.07) is 1.02. The molecule has 7 nitrogen and oxygen atoms in total. The van der Waals surface area contributed by atoms with Crippen LogP contribution in [0.25, 0.3) is 0 Å². The summed E-state index contributed by atoms with van der Waals surface area (Å²) in [7, 11) is 0. The number of allylic oxidation sites excluding steroid dienone is 1. The van der Waals surface area contributed by atoms with Gasteiger partial charge in [0, 0.05) is 36.8 Å². The fourth-order valence-electron chi connectivity index (χ4n) is 4.01. The number of rotatable bonds is 6. The minimum atomic E-state index is -0.398. The number of nitrogens with two attached hydrogens (primary N) is 3. The van der Waals surface area contributed by atoms with Crippen LogP contribution in [-0.4, -0.2) is 41.8 Å². The Morgan fingerprint density at radius 3 is 2.37 bits per heavy atom. The van der Waals surface area contributed by atoms with E-state index in [9.17, 15) is 4.79 Å². The lowest BCUT2D eigenvalue weighted by Crippen LogP contribution is -2.41. The Morgan fingerprint density at radius 2 is 1.74 bits per heavy atom. The highest BCUT2D eigenvalue weighted by atomic mass is 16.1. The Hall–Kier alpha value is -2.02. The lowest BCUT2D eigenvalue weighted by molar-refractivity contribution is -0.114. The molecule has 1 atom stereocenters. The molecule has 150 valence electrons. The van der Waals surface area contributed by atoms with Gasteiger partial charge in [0.2, 0.25) is 0 Å². The van der Waals surface area contributed by atoms with Gasteiger partial charge in [-0.05, 0) is 45.1 Å². The Balaban J connectivity index is 1.69. The lowest BCUT2D eigenvalue weighted by atomic mass is 9.95. The molecule has 27 heavy (non-hydrogen) atoms. The van der Waals surface area contributed by atoms with Crippen molar-refractivity contribution in [2.45, 2.75) is 70.4 Å². The smallest absolute Gasteiger partial charge is 0.282 e. The van der Waals surface area contributed by atoms with Crippen molar-refractivity contribution in [2.24, 2.45) is 28.1 Å². The van der Waals surface area contributed by atoms with Crippen LogP contribution in [0.15, 0.2) is 28.2 Å². The van der Waals surface area contributed by atoms with Crippen LogP contribution in [0.4, 0.5) is 0 Å². The van der Waals surface area contributed by atoms with Crippen molar-refractivity contribution >= 4 is 11.7 Å². The number of amides is 1. The van der Waals surface area contributed by atoms with Gasteiger partial charge in [-0.15, -0.1) is 0 Å². The number of aliphatic imine (C=N–C) groups is 1. The summed E-state index contributed by atoms with van der Waals surface area (Å²) in [4.78, 5) is 18.8. The summed E-state index contributed by atoms with van der Waals surface area (Å²) < 4.78 is 0. The molecule has 2 aliphatic carbocycles. The van der Waals surface area contributed by atoms with Gasteiger partial charge in [-0.3, -0.25) is 4.79 Å². The molecule has 1 heterocycles. The first-order valence-corrected chi connectivity index (χ1v) is 10.3. The SMILES string of the molecule is C/C(N)=C/C(C(=O)N=C(N)C1CC1)=C(\N)N1CCC(NC2CCCCC2)C1. The molecule has 0 spiro atoms. The molecule has 0 radical (unpaired) electrons. The monoisotopic (exact) mass is 374 g/mol. The first-order valence-electron chi connectivity index (χ1n) is 10.3. The highest BCUT2D eigenvalue weighted by Crippen LogP contribution is 2.29. The van der Waals surface area contributed by atoms with Crippen LogP contribution in [0.5, 0.6) is 0 Å². The van der Waals surface area contributed by atoms with Crippen LogP contribution in [-0.2, 0) is 4.79 Å². The summed E-state index contributed by atoms with van der Waals surface area (Å²) in [6.45, 7) is 3.37. The van der Waals surface area contributed by atoms with Gasteiger partial charge in [0.15, 0.2) is 0 Å². The molecule has 7 N–H and O–H groups in total. The fourth-order valence-corrected chi connectivity index (χ4v) is 4.01. The molecule has 1 unspecified atom stereocenters. The van der Waals surface area contributed by atoms with Gasteiger partial charge in [0.05, 0.1) is 5.57 Å². The number of amidine groups is 1. The standard InChI is InChI=1S/C20H34N6O/c1-13(21)11-17(20(27)25-18(22)14-7-8-14)19(23)26-10-9-16(12-26)24-15-5-3-2-4-6-15/h11,14-16,24H,2-10,12,21,23H2,1H3,(H2,22,25,27)/b13-11-,19-17-. The molecule has 3 rings (SSSR count). The second-order valence-electron chi connectivity index (χ2n) is 8.24. The van der Waals surface area contributed by atoms with E-state index in [1.54, 1.807) is 13.0 Å². The van der Waals surface area contributed by atoms with E-state index in [2.05, 4.69) is 15.2 Å². The first kappa shape index (κ1) is 19.7. The van der Waals surface area contributed by atoms with E-state index in [0.29, 0.717) is 35.0 Å². The Kier molecular flexibility index (Phi) is 6.42. The fraction of sp³-hybridized carbons (Fsp3) is 0.700. The van der Waals surface area contributed by atoms with Gasteiger partial charge in [-0.2, -0.15) is 4.99 Å². The van der Waals surface area contributed by atoms with Crippen molar-refractivity contribution in [3.05, 3.63) is 23.2 Å². The summed E-state index contributed by atoms with van der Waals surface area (Å²) in [5, 5.41) is 3.77. The van der Waals surface area contributed by atoms with E-state index in [-0.39, 0.29) is 5.92 Å². The summed E-state index contributed by atoms with van der Waals surface area (Å²) in [5.41, 5.74) is 19.0. The molecule has 0 aromatic carbocycles. The number of hydrogen-bond donors (Lipinski definition) is 4. The van der Waals surface area contributed by atoms with Crippen LogP contribution in [0.3, 0.4) is 0 Å².